The van der Waals surface area contributed by atoms with Crippen LogP contribution in [0.3, 0.4) is 0 Å². The van der Waals surface area contributed by atoms with Gasteiger partial charge in [0.25, 0.3) is 0 Å². The number of nitrogens with one attached hydrogen (secondary N) is 2. The summed E-state index contributed by atoms with van der Waals surface area (Å²) in [5.41, 5.74) is 5.53. The minimum absolute atomic E-state index is 0.245. The van der Waals surface area contributed by atoms with Crippen LogP contribution in [0.2, 0.25) is 0 Å². The van der Waals surface area contributed by atoms with Crippen LogP contribution in [0.4, 0.5) is 11.4 Å². The first-order valence-electron chi connectivity index (χ1n) is 12.5. The lowest BCUT2D eigenvalue weighted by Gasteiger charge is -2.41. The van der Waals surface area contributed by atoms with Crippen molar-refractivity contribution in [3.63, 3.8) is 0 Å². The molecule has 1 saturated heterocycles. The molecule has 2 aliphatic rings. The largest absolute Gasteiger partial charge is 0.379 e. The third-order valence-electron chi connectivity index (χ3n) is 6.86. The molecule has 35 heavy (non-hydrogen) atoms. The van der Waals surface area contributed by atoms with Crippen LogP contribution in [0.25, 0.3) is 11.4 Å². The minimum Gasteiger partial charge on any atom is -0.379 e. The van der Waals surface area contributed by atoms with E-state index in [1.807, 2.05) is 12.1 Å². The Hall–Kier alpha value is -3.11. The molecule has 10 heteroatoms. The van der Waals surface area contributed by atoms with E-state index in [9.17, 15) is 0 Å². The number of rotatable bonds is 9. The van der Waals surface area contributed by atoms with Gasteiger partial charge in [-0.3, -0.25) is 4.90 Å². The van der Waals surface area contributed by atoms with Crippen molar-refractivity contribution in [3.8, 4) is 11.4 Å². The highest BCUT2D eigenvalue weighted by Gasteiger charge is 2.38. The second-order valence-corrected chi connectivity index (χ2v) is 10.1. The van der Waals surface area contributed by atoms with E-state index in [1.54, 1.807) is 13.3 Å². The number of aromatic amines is 1. The molecular weight excluding hydrogens is 442 g/mol. The number of hydrogen-bond acceptors (Lipinski definition) is 9. The van der Waals surface area contributed by atoms with E-state index in [0.29, 0.717) is 23.8 Å². The highest BCUT2D eigenvalue weighted by atomic mass is 16.5. The number of tetrazole rings is 1. The van der Waals surface area contributed by atoms with Crippen LogP contribution in [0.1, 0.15) is 38.4 Å². The molecule has 1 aliphatic carbocycles. The fraction of sp³-hybridized carbons (Fsp3) is 0.560. The molecule has 2 fully saturated rings. The van der Waals surface area contributed by atoms with Crippen molar-refractivity contribution in [1.29, 1.82) is 0 Å². The third-order valence-corrected chi connectivity index (χ3v) is 6.86. The average molecular weight is 478 g/mol. The Labute approximate surface area is 206 Å². The molecule has 2 N–H and O–H groups in total. The van der Waals surface area contributed by atoms with Crippen molar-refractivity contribution in [2.24, 2.45) is 5.92 Å². The van der Waals surface area contributed by atoms with E-state index in [-0.39, 0.29) is 6.10 Å². The fourth-order valence-electron chi connectivity index (χ4n) is 5.00. The van der Waals surface area contributed by atoms with Crippen molar-refractivity contribution in [2.75, 3.05) is 37.0 Å². The van der Waals surface area contributed by atoms with Crippen molar-refractivity contribution in [1.82, 2.24) is 35.7 Å². The molecule has 1 aliphatic heterocycles. The van der Waals surface area contributed by atoms with Crippen LogP contribution < -0.4 is 10.2 Å². The molecule has 3 aromatic rings. The quantitative estimate of drug-likeness (QED) is 0.481. The number of hydrogen-bond donors (Lipinski definition) is 2. The van der Waals surface area contributed by atoms with Crippen LogP contribution in [0.15, 0.2) is 30.5 Å². The number of ether oxygens (including phenoxy) is 1. The fourth-order valence-corrected chi connectivity index (χ4v) is 5.00. The monoisotopic (exact) mass is 477 g/mol. The van der Waals surface area contributed by atoms with Gasteiger partial charge < -0.3 is 15.0 Å². The van der Waals surface area contributed by atoms with Crippen LogP contribution in [-0.2, 0) is 17.7 Å². The summed E-state index contributed by atoms with van der Waals surface area (Å²) >= 11 is 0. The number of aromatic nitrogens is 6. The topological polar surface area (TPSA) is 108 Å². The van der Waals surface area contributed by atoms with Gasteiger partial charge in [0.05, 0.1) is 29.1 Å². The Morgan fingerprint density at radius 3 is 2.77 bits per heavy atom. The van der Waals surface area contributed by atoms with E-state index >= 15 is 0 Å². The van der Waals surface area contributed by atoms with Crippen LogP contribution in [-0.4, -0.2) is 80.7 Å². The predicted octanol–water partition coefficient (Wildman–Crippen LogP) is 2.77. The van der Waals surface area contributed by atoms with Crippen molar-refractivity contribution in [2.45, 2.75) is 58.3 Å². The second kappa shape index (κ2) is 10.2. The smallest absolute Gasteiger partial charge is 0.208 e. The molecule has 5 rings (SSSR count). The normalized spacial score (nSPS) is 22.5. The van der Waals surface area contributed by atoms with Crippen molar-refractivity contribution in [3.05, 3.63) is 41.7 Å². The summed E-state index contributed by atoms with van der Waals surface area (Å²) in [4.78, 5) is 4.94. The van der Waals surface area contributed by atoms with E-state index in [1.165, 1.54) is 5.56 Å². The summed E-state index contributed by atoms with van der Waals surface area (Å²) in [6, 6.07) is 9.23. The van der Waals surface area contributed by atoms with Gasteiger partial charge in [-0.1, -0.05) is 13.8 Å². The maximum Gasteiger partial charge on any atom is 0.208 e. The zero-order chi connectivity index (χ0) is 24.4. The first kappa shape index (κ1) is 23.6. The van der Waals surface area contributed by atoms with Gasteiger partial charge in [-0.15, -0.1) is 10.2 Å². The van der Waals surface area contributed by atoms with Gasteiger partial charge in [0.15, 0.2) is 0 Å². The van der Waals surface area contributed by atoms with Gasteiger partial charge in [-0.05, 0) is 60.7 Å². The summed E-state index contributed by atoms with van der Waals surface area (Å²) in [5, 5.41) is 27.3. The SMILES string of the molecule is COC1CC1Nc1cc(CC(C)C)cc(N2CCN(Cc3cccnn3)[C@@H](C)C2)c1-c1nn[nH]n1. The summed E-state index contributed by atoms with van der Waals surface area (Å²) in [7, 11) is 1.77. The van der Waals surface area contributed by atoms with Crippen LogP contribution in [0, 0.1) is 5.92 Å². The first-order valence-corrected chi connectivity index (χ1v) is 12.5. The molecule has 0 spiro atoms. The Kier molecular flexibility index (Phi) is 6.92. The lowest BCUT2D eigenvalue weighted by molar-refractivity contribution is 0.178. The highest BCUT2D eigenvalue weighted by Crippen LogP contribution is 2.41. The van der Waals surface area contributed by atoms with Crippen molar-refractivity contribution < 1.29 is 4.74 Å². The molecule has 1 aromatic carbocycles. The van der Waals surface area contributed by atoms with Gasteiger partial charge in [-0.25, -0.2) is 0 Å². The molecular formula is C25H35N9O. The number of piperazine rings is 1. The molecule has 1 saturated carbocycles. The van der Waals surface area contributed by atoms with Gasteiger partial charge in [-0.2, -0.15) is 15.4 Å². The van der Waals surface area contributed by atoms with Crippen LogP contribution >= 0.6 is 0 Å². The minimum atomic E-state index is 0.245. The Morgan fingerprint density at radius 2 is 2.11 bits per heavy atom. The molecule has 0 bridgehead atoms. The standard InChI is InChI=1S/C25H35N9O/c1-16(2)10-18-11-21(27-20-13-23(20)35-4)24(25-29-31-32-30-25)22(12-18)34-9-8-33(17(3)14-34)15-19-6-5-7-26-28-19/h5-7,11-12,16-17,20,23,27H,8-10,13-15H2,1-4H3,(H,29,30,31,32)/t17-,20?,23?/m0/s1. The molecule has 3 atom stereocenters. The molecule has 2 unspecified atom stereocenters. The molecule has 0 radical (unpaired) electrons. The Morgan fingerprint density at radius 1 is 1.23 bits per heavy atom. The van der Waals surface area contributed by atoms with E-state index in [2.05, 4.69) is 78.8 Å². The average Bonchev–Trinajstić information content (AvgIpc) is 3.37. The predicted molar refractivity (Wildman–Crippen MR) is 135 cm³/mol. The number of anilines is 2. The van der Waals surface area contributed by atoms with Gasteiger partial charge >= 0.3 is 0 Å². The van der Waals surface area contributed by atoms with E-state index in [4.69, 9.17) is 4.74 Å². The maximum absolute atomic E-state index is 5.55. The Bertz CT molecular complexity index is 1110. The molecule has 10 nitrogen and oxygen atoms in total. The summed E-state index contributed by atoms with van der Waals surface area (Å²) in [6.45, 7) is 10.4. The summed E-state index contributed by atoms with van der Waals surface area (Å²) < 4.78 is 5.55. The van der Waals surface area contributed by atoms with Gasteiger partial charge in [0.2, 0.25) is 5.82 Å². The maximum atomic E-state index is 5.55. The van der Waals surface area contributed by atoms with Gasteiger partial charge in [0.1, 0.15) is 0 Å². The number of nitrogens with zero attached hydrogens (tertiary/aromatic N) is 7. The van der Waals surface area contributed by atoms with E-state index < -0.39 is 0 Å². The lowest BCUT2D eigenvalue weighted by atomic mass is 9.97. The Balaban J connectivity index is 1.46. The molecule has 0 amide bonds. The van der Waals surface area contributed by atoms with Crippen molar-refractivity contribution >= 4 is 11.4 Å². The first-order chi connectivity index (χ1) is 17.0. The summed E-state index contributed by atoms with van der Waals surface area (Å²) in [6.07, 6.45) is 3.98. The molecule has 3 heterocycles. The zero-order valence-electron chi connectivity index (χ0n) is 21.0. The van der Waals surface area contributed by atoms with E-state index in [0.717, 1.165) is 61.7 Å². The third kappa shape index (κ3) is 5.43. The molecule has 186 valence electrons. The summed E-state index contributed by atoms with van der Waals surface area (Å²) in [5.74, 6) is 1.17. The number of benzene rings is 1. The number of H-pyrrole nitrogens is 1. The second-order valence-electron chi connectivity index (χ2n) is 10.1. The molecule has 2 aromatic heterocycles. The lowest BCUT2D eigenvalue weighted by Crippen LogP contribution is -2.51. The zero-order valence-corrected chi connectivity index (χ0v) is 21.0. The highest BCUT2D eigenvalue weighted by molar-refractivity contribution is 5.87. The van der Waals surface area contributed by atoms with Gasteiger partial charge in [0, 0.05) is 51.2 Å². The van der Waals surface area contributed by atoms with Crippen LogP contribution in [0.5, 0.6) is 0 Å². The number of methoxy groups -OCH3 is 1.